The van der Waals surface area contributed by atoms with Crippen LogP contribution >= 0.6 is 0 Å². The highest BCUT2D eigenvalue weighted by Gasteiger charge is 2.07. The number of hydrogen-bond donors (Lipinski definition) is 3. The van der Waals surface area contributed by atoms with Gasteiger partial charge in [0.1, 0.15) is 5.75 Å². The van der Waals surface area contributed by atoms with E-state index in [-0.39, 0.29) is 6.03 Å². The van der Waals surface area contributed by atoms with Crippen LogP contribution in [0.2, 0.25) is 0 Å². The molecular formula is C17H17N3O2. The summed E-state index contributed by atoms with van der Waals surface area (Å²) in [7, 11) is 1.62. The zero-order chi connectivity index (χ0) is 15.4. The van der Waals surface area contributed by atoms with E-state index in [9.17, 15) is 4.79 Å². The Bertz CT molecular complexity index is 795. The second-order valence-electron chi connectivity index (χ2n) is 4.86. The molecule has 1 heterocycles. The number of carbonyl (C=O) groups excluding carboxylic acids is 1. The predicted molar refractivity (Wildman–Crippen MR) is 87.2 cm³/mol. The van der Waals surface area contributed by atoms with Gasteiger partial charge in [-0.15, -0.1) is 0 Å². The quantitative estimate of drug-likeness (QED) is 0.689. The number of benzene rings is 2. The van der Waals surface area contributed by atoms with E-state index in [0.717, 1.165) is 27.9 Å². The molecule has 1 aromatic heterocycles. The average Bonchev–Trinajstić information content (AvgIpc) is 3.03. The van der Waals surface area contributed by atoms with Crippen LogP contribution in [-0.4, -0.2) is 18.1 Å². The first-order valence-electron chi connectivity index (χ1n) is 7.01. The van der Waals surface area contributed by atoms with Crippen LogP contribution in [0.15, 0.2) is 54.7 Å². The van der Waals surface area contributed by atoms with Gasteiger partial charge in [0.25, 0.3) is 0 Å². The Balaban J connectivity index is 1.67. The van der Waals surface area contributed by atoms with E-state index in [1.54, 1.807) is 7.11 Å². The van der Waals surface area contributed by atoms with Gasteiger partial charge in [-0.05, 0) is 24.3 Å². The summed E-state index contributed by atoms with van der Waals surface area (Å²) in [6.45, 7) is 0.402. The number of aromatic nitrogens is 1. The van der Waals surface area contributed by atoms with Gasteiger partial charge in [-0.2, -0.15) is 0 Å². The predicted octanol–water partition coefficient (Wildman–Crippen LogP) is 3.50. The first-order valence-corrected chi connectivity index (χ1v) is 7.01. The molecule has 22 heavy (non-hydrogen) atoms. The molecular weight excluding hydrogens is 278 g/mol. The Hall–Kier alpha value is -2.95. The van der Waals surface area contributed by atoms with Crippen LogP contribution in [0.4, 0.5) is 10.5 Å². The minimum absolute atomic E-state index is 0.250. The third-order valence-electron chi connectivity index (χ3n) is 3.48. The van der Waals surface area contributed by atoms with Crippen LogP contribution in [-0.2, 0) is 6.54 Å². The van der Waals surface area contributed by atoms with Gasteiger partial charge >= 0.3 is 6.03 Å². The average molecular weight is 295 g/mol. The molecule has 0 unspecified atom stereocenters. The van der Waals surface area contributed by atoms with Crippen LogP contribution in [0.1, 0.15) is 5.56 Å². The number of aromatic amines is 1. The highest BCUT2D eigenvalue weighted by atomic mass is 16.5. The van der Waals surface area contributed by atoms with E-state index in [1.165, 1.54) is 0 Å². The molecule has 0 saturated carbocycles. The fraction of sp³-hybridized carbons (Fsp3) is 0.118. The maximum Gasteiger partial charge on any atom is 0.319 e. The van der Waals surface area contributed by atoms with Gasteiger partial charge in [-0.1, -0.05) is 24.3 Å². The van der Waals surface area contributed by atoms with Crippen LogP contribution < -0.4 is 15.4 Å². The van der Waals surface area contributed by atoms with Crippen LogP contribution in [0.5, 0.6) is 5.75 Å². The van der Waals surface area contributed by atoms with Crippen LogP contribution in [0.25, 0.3) is 10.9 Å². The molecule has 112 valence electrons. The molecule has 5 nitrogen and oxygen atoms in total. The number of fused-ring (bicyclic) bond motifs is 1. The number of amides is 2. The van der Waals surface area contributed by atoms with Gasteiger partial charge in [0.05, 0.1) is 12.8 Å². The van der Waals surface area contributed by atoms with Gasteiger partial charge in [0.15, 0.2) is 0 Å². The summed E-state index contributed by atoms with van der Waals surface area (Å²) in [5.74, 6) is 0.760. The Kier molecular flexibility index (Phi) is 3.96. The Labute approximate surface area is 128 Å². The maximum atomic E-state index is 12.1. The molecule has 0 aliphatic rings. The van der Waals surface area contributed by atoms with Crippen molar-refractivity contribution in [1.29, 1.82) is 0 Å². The van der Waals surface area contributed by atoms with Crippen LogP contribution in [0.3, 0.4) is 0 Å². The summed E-state index contributed by atoms with van der Waals surface area (Å²) < 4.78 is 5.27. The number of para-hydroxylation sites is 1. The molecule has 5 heteroatoms. The highest BCUT2D eigenvalue weighted by molar-refractivity contribution is 6.00. The van der Waals surface area contributed by atoms with Gasteiger partial charge < -0.3 is 20.4 Å². The molecule has 2 amide bonds. The van der Waals surface area contributed by atoms with E-state index >= 15 is 0 Å². The summed E-state index contributed by atoms with van der Waals surface area (Å²) >= 11 is 0. The van der Waals surface area contributed by atoms with E-state index < -0.39 is 0 Å². The molecule has 0 atom stereocenters. The van der Waals surface area contributed by atoms with Crippen molar-refractivity contribution in [1.82, 2.24) is 10.3 Å². The van der Waals surface area contributed by atoms with Crippen molar-refractivity contribution < 1.29 is 9.53 Å². The smallest absolute Gasteiger partial charge is 0.319 e. The fourth-order valence-electron chi connectivity index (χ4n) is 2.39. The first-order chi connectivity index (χ1) is 10.8. The summed E-state index contributed by atoms with van der Waals surface area (Å²) in [6.07, 6.45) is 1.85. The lowest BCUT2D eigenvalue weighted by molar-refractivity contribution is 0.251. The van der Waals surface area contributed by atoms with E-state index in [0.29, 0.717) is 6.54 Å². The number of urea groups is 1. The lowest BCUT2D eigenvalue weighted by Gasteiger charge is -2.11. The molecule has 0 spiro atoms. The van der Waals surface area contributed by atoms with Crippen molar-refractivity contribution in [3.63, 3.8) is 0 Å². The molecule has 3 aromatic rings. The number of carbonyl (C=O) groups is 1. The molecule has 3 N–H and O–H groups in total. The van der Waals surface area contributed by atoms with Crippen molar-refractivity contribution in [2.75, 3.05) is 12.4 Å². The molecule has 2 aromatic carbocycles. The van der Waals surface area contributed by atoms with Crippen molar-refractivity contribution in [3.8, 4) is 5.75 Å². The van der Waals surface area contributed by atoms with E-state index in [1.807, 2.05) is 54.7 Å². The number of ether oxygens (including phenoxy) is 1. The fourth-order valence-corrected chi connectivity index (χ4v) is 2.39. The minimum Gasteiger partial charge on any atom is -0.496 e. The zero-order valence-electron chi connectivity index (χ0n) is 12.2. The van der Waals surface area contributed by atoms with Gasteiger partial charge in [0.2, 0.25) is 0 Å². The largest absolute Gasteiger partial charge is 0.496 e. The summed E-state index contributed by atoms with van der Waals surface area (Å²) in [5.41, 5.74) is 2.69. The van der Waals surface area contributed by atoms with Crippen molar-refractivity contribution in [2.45, 2.75) is 6.54 Å². The third-order valence-corrected chi connectivity index (χ3v) is 3.48. The Morgan fingerprint density at radius 2 is 2.00 bits per heavy atom. The molecule has 0 saturated heterocycles. The van der Waals surface area contributed by atoms with Gasteiger partial charge in [-0.25, -0.2) is 4.79 Å². The lowest BCUT2D eigenvalue weighted by atomic mass is 10.2. The number of anilines is 1. The second kappa shape index (κ2) is 6.22. The summed E-state index contributed by atoms with van der Waals surface area (Å²) in [6, 6.07) is 15.0. The van der Waals surface area contributed by atoms with Crippen molar-refractivity contribution in [2.24, 2.45) is 0 Å². The Morgan fingerprint density at radius 3 is 2.86 bits per heavy atom. The monoisotopic (exact) mass is 295 g/mol. The summed E-state index contributed by atoms with van der Waals surface area (Å²) in [4.78, 5) is 15.2. The normalized spacial score (nSPS) is 10.4. The molecule has 0 fully saturated rings. The molecule has 0 bridgehead atoms. The first kappa shape index (κ1) is 14.0. The number of methoxy groups -OCH3 is 1. The topological polar surface area (TPSA) is 66.2 Å². The standard InChI is InChI=1S/C17H17N3O2/c1-22-16-8-3-2-5-12(16)11-19-17(21)20-15-7-4-6-14-13(15)9-10-18-14/h2-10,18H,11H2,1H3,(H2,19,20,21). The third kappa shape index (κ3) is 2.88. The van der Waals surface area contributed by atoms with Crippen LogP contribution in [0, 0.1) is 0 Å². The number of rotatable bonds is 4. The molecule has 0 aliphatic carbocycles. The SMILES string of the molecule is COc1ccccc1CNC(=O)Nc1cccc2[nH]ccc12. The number of nitrogens with one attached hydrogen (secondary N) is 3. The van der Waals surface area contributed by atoms with Crippen molar-refractivity contribution >= 4 is 22.6 Å². The van der Waals surface area contributed by atoms with E-state index in [2.05, 4.69) is 15.6 Å². The lowest BCUT2D eigenvalue weighted by Crippen LogP contribution is -2.28. The van der Waals surface area contributed by atoms with E-state index in [4.69, 9.17) is 4.74 Å². The second-order valence-corrected chi connectivity index (χ2v) is 4.86. The van der Waals surface area contributed by atoms with Crippen molar-refractivity contribution in [3.05, 3.63) is 60.3 Å². The maximum absolute atomic E-state index is 12.1. The summed E-state index contributed by atoms with van der Waals surface area (Å²) in [5, 5.41) is 6.69. The molecule has 3 rings (SSSR count). The number of hydrogen-bond acceptors (Lipinski definition) is 2. The number of H-pyrrole nitrogens is 1. The highest BCUT2D eigenvalue weighted by Crippen LogP contribution is 2.22. The van der Waals surface area contributed by atoms with Gasteiger partial charge in [0, 0.05) is 29.2 Å². The molecule has 0 radical (unpaired) electrons. The Morgan fingerprint density at radius 1 is 1.14 bits per heavy atom. The minimum atomic E-state index is -0.250. The molecule has 0 aliphatic heterocycles. The zero-order valence-corrected chi connectivity index (χ0v) is 12.2. The van der Waals surface area contributed by atoms with Gasteiger partial charge in [-0.3, -0.25) is 0 Å².